The number of nitrogens with zero attached hydrogens (tertiary/aromatic N) is 2. The average molecular weight is 227 g/mol. The van der Waals surface area contributed by atoms with Crippen LogP contribution in [0.25, 0.3) is 0 Å². The van der Waals surface area contributed by atoms with E-state index in [1.807, 2.05) is 0 Å². The molecule has 1 heterocycles. The van der Waals surface area contributed by atoms with Crippen molar-refractivity contribution in [3.63, 3.8) is 0 Å². The normalized spacial score (nSPS) is 13.8. The maximum Gasteiger partial charge on any atom is 0.377 e. The average Bonchev–Trinajstić information content (AvgIpc) is 2.48. The van der Waals surface area contributed by atoms with Gasteiger partial charge in [0, 0.05) is 12.5 Å². The number of carbonyl (C=O) groups is 1. The number of nitrogens with two attached hydrogens (primary N) is 1. The Bertz CT molecular complexity index is 368. The van der Waals surface area contributed by atoms with E-state index in [-0.39, 0.29) is 23.2 Å². The highest BCUT2D eigenvalue weighted by Crippen LogP contribution is 2.21. The molecular formula is C10H17N3O3. The first kappa shape index (κ1) is 12.6. The van der Waals surface area contributed by atoms with E-state index in [9.17, 15) is 4.79 Å². The Kier molecular flexibility index (Phi) is 3.64. The van der Waals surface area contributed by atoms with Crippen molar-refractivity contribution in [1.29, 1.82) is 0 Å². The first-order valence-corrected chi connectivity index (χ1v) is 5.09. The Morgan fingerprint density at radius 2 is 2.19 bits per heavy atom. The van der Waals surface area contributed by atoms with Gasteiger partial charge in [-0.15, -0.1) is 0 Å². The molecular weight excluding hydrogens is 210 g/mol. The minimum atomic E-state index is -1.20. The fourth-order valence-corrected chi connectivity index (χ4v) is 1.51. The lowest BCUT2D eigenvalue weighted by Crippen LogP contribution is -2.28. The quantitative estimate of drug-likeness (QED) is 0.797. The van der Waals surface area contributed by atoms with Crippen molar-refractivity contribution < 1.29 is 14.4 Å². The summed E-state index contributed by atoms with van der Waals surface area (Å²) in [6.45, 7) is 6.26. The Balaban J connectivity index is 2.56. The molecule has 16 heavy (non-hydrogen) atoms. The molecule has 1 unspecified atom stereocenters. The van der Waals surface area contributed by atoms with Crippen molar-refractivity contribution >= 4 is 5.97 Å². The molecule has 0 aliphatic heterocycles. The second-order valence-electron chi connectivity index (χ2n) is 5.05. The Hall–Kier alpha value is -1.43. The lowest BCUT2D eigenvalue weighted by atomic mass is 9.87. The van der Waals surface area contributed by atoms with E-state index >= 15 is 0 Å². The molecule has 0 aliphatic carbocycles. The third-order valence-electron chi connectivity index (χ3n) is 1.97. The molecule has 0 spiro atoms. The van der Waals surface area contributed by atoms with Crippen LogP contribution in [0, 0.1) is 5.41 Å². The first-order chi connectivity index (χ1) is 7.28. The van der Waals surface area contributed by atoms with Crippen LogP contribution in [0.4, 0.5) is 0 Å². The van der Waals surface area contributed by atoms with Crippen LogP contribution in [0.2, 0.25) is 0 Å². The van der Waals surface area contributed by atoms with Crippen LogP contribution in [-0.4, -0.2) is 27.3 Å². The largest absolute Gasteiger partial charge is 0.475 e. The van der Waals surface area contributed by atoms with E-state index < -0.39 is 5.97 Å². The van der Waals surface area contributed by atoms with Gasteiger partial charge >= 0.3 is 5.97 Å². The third kappa shape index (κ3) is 3.98. The summed E-state index contributed by atoms with van der Waals surface area (Å²) >= 11 is 0. The Labute approximate surface area is 93.8 Å². The zero-order valence-corrected chi connectivity index (χ0v) is 9.73. The fraction of sp³-hybridized carbons (Fsp3) is 0.700. The zero-order chi connectivity index (χ0) is 12.3. The van der Waals surface area contributed by atoms with Crippen molar-refractivity contribution in [1.82, 2.24) is 10.1 Å². The molecule has 0 saturated heterocycles. The number of carboxylic acids is 1. The summed E-state index contributed by atoms with van der Waals surface area (Å²) in [4.78, 5) is 14.2. The van der Waals surface area contributed by atoms with Gasteiger partial charge in [-0.1, -0.05) is 20.8 Å². The van der Waals surface area contributed by atoms with Gasteiger partial charge in [0.15, 0.2) is 0 Å². The summed E-state index contributed by atoms with van der Waals surface area (Å²) in [6.07, 6.45) is 1.20. The highest BCUT2D eigenvalue weighted by Gasteiger charge is 2.19. The number of aromatic carboxylic acids is 1. The molecule has 0 saturated carbocycles. The smallest absolute Gasteiger partial charge is 0.377 e. The molecule has 1 atom stereocenters. The Morgan fingerprint density at radius 3 is 2.62 bits per heavy atom. The summed E-state index contributed by atoms with van der Waals surface area (Å²) < 4.78 is 4.79. The first-order valence-electron chi connectivity index (χ1n) is 5.09. The zero-order valence-electron chi connectivity index (χ0n) is 9.73. The summed E-state index contributed by atoms with van der Waals surface area (Å²) in [5.41, 5.74) is 6.02. The predicted molar refractivity (Wildman–Crippen MR) is 57.0 cm³/mol. The van der Waals surface area contributed by atoms with Crippen LogP contribution in [0.1, 0.15) is 43.7 Å². The molecule has 3 N–H and O–H groups in total. The maximum atomic E-state index is 10.5. The van der Waals surface area contributed by atoms with Gasteiger partial charge in [-0.2, -0.15) is 4.98 Å². The topological polar surface area (TPSA) is 102 Å². The molecule has 6 nitrogen and oxygen atoms in total. The van der Waals surface area contributed by atoms with Crippen molar-refractivity contribution in [2.24, 2.45) is 11.1 Å². The van der Waals surface area contributed by atoms with Crippen molar-refractivity contribution in [3.05, 3.63) is 11.7 Å². The van der Waals surface area contributed by atoms with Crippen LogP contribution in [-0.2, 0) is 6.42 Å². The predicted octanol–water partition coefficient (Wildman–Crippen LogP) is 1.07. The van der Waals surface area contributed by atoms with E-state index in [0.717, 1.165) is 6.42 Å². The van der Waals surface area contributed by atoms with Gasteiger partial charge in [0.1, 0.15) is 0 Å². The highest BCUT2D eigenvalue weighted by atomic mass is 16.5. The molecule has 1 aromatic rings. The molecule has 0 aliphatic rings. The number of hydrogen-bond acceptors (Lipinski definition) is 5. The van der Waals surface area contributed by atoms with E-state index in [4.69, 9.17) is 15.4 Å². The van der Waals surface area contributed by atoms with Crippen LogP contribution in [0.5, 0.6) is 0 Å². The van der Waals surface area contributed by atoms with Crippen molar-refractivity contribution in [2.45, 2.75) is 39.7 Å². The van der Waals surface area contributed by atoms with Gasteiger partial charge in [0.05, 0.1) is 0 Å². The molecule has 0 radical (unpaired) electrons. The molecule has 6 heteroatoms. The van der Waals surface area contributed by atoms with Crippen LogP contribution in [0.3, 0.4) is 0 Å². The standard InChI is InChI=1S/C10H17N3O3/c1-10(2,3)5-6(11)4-7-12-8(9(14)15)13-16-7/h6H,4-5,11H2,1-3H3,(H,14,15). The summed E-state index contributed by atoms with van der Waals surface area (Å²) in [5.74, 6) is -1.24. The molecule has 0 amide bonds. The van der Waals surface area contributed by atoms with Crippen molar-refractivity contribution in [2.75, 3.05) is 0 Å². The molecule has 1 rings (SSSR count). The number of aromatic nitrogens is 2. The third-order valence-corrected chi connectivity index (χ3v) is 1.97. The molecule has 1 aromatic heterocycles. The fourth-order valence-electron chi connectivity index (χ4n) is 1.51. The van der Waals surface area contributed by atoms with Gasteiger partial charge in [-0.05, 0) is 17.0 Å². The molecule has 0 aromatic carbocycles. The molecule has 90 valence electrons. The lowest BCUT2D eigenvalue weighted by molar-refractivity contribution is 0.0680. The monoisotopic (exact) mass is 227 g/mol. The minimum Gasteiger partial charge on any atom is -0.475 e. The van der Waals surface area contributed by atoms with E-state index in [1.54, 1.807) is 0 Å². The van der Waals surface area contributed by atoms with E-state index in [1.165, 1.54) is 0 Å². The molecule has 0 fully saturated rings. The van der Waals surface area contributed by atoms with E-state index in [0.29, 0.717) is 6.42 Å². The van der Waals surface area contributed by atoms with Crippen molar-refractivity contribution in [3.8, 4) is 0 Å². The summed E-state index contributed by atoms with van der Waals surface area (Å²) in [6, 6.07) is -0.109. The van der Waals surface area contributed by atoms with Gasteiger partial charge in [0.25, 0.3) is 5.82 Å². The summed E-state index contributed by atoms with van der Waals surface area (Å²) in [7, 11) is 0. The van der Waals surface area contributed by atoms with E-state index in [2.05, 4.69) is 30.9 Å². The SMILES string of the molecule is CC(C)(C)CC(N)Cc1nc(C(=O)O)no1. The van der Waals surface area contributed by atoms with Gasteiger partial charge in [-0.25, -0.2) is 4.79 Å². The van der Waals surface area contributed by atoms with Gasteiger partial charge < -0.3 is 15.4 Å². The van der Waals surface area contributed by atoms with Crippen LogP contribution < -0.4 is 5.73 Å². The summed E-state index contributed by atoms with van der Waals surface area (Å²) in [5, 5.41) is 11.9. The second-order valence-corrected chi connectivity index (χ2v) is 5.05. The Morgan fingerprint density at radius 1 is 1.56 bits per heavy atom. The maximum absolute atomic E-state index is 10.5. The second kappa shape index (κ2) is 4.61. The van der Waals surface area contributed by atoms with Gasteiger partial charge in [-0.3, -0.25) is 0 Å². The molecule has 0 bridgehead atoms. The number of carboxylic acid groups (broad SMARTS) is 1. The van der Waals surface area contributed by atoms with Gasteiger partial charge in [0.2, 0.25) is 5.89 Å². The number of hydrogen-bond donors (Lipinski definition) is 2. The van der Waals surface area contributed by atoms with Crippen LogP contribution in [0.15, 0.2) is 4.52 Å². The lowest BCUT2D eigenvalue weighted by Gasteiger charge is -2.21. The minimum absolute atomic E-state index is 0.109. The number of rotatable bonds is 4. The highest BCUT2D eigenvalue weighted by molar-refractivity contribution is 5.82. The van der Waals surface area contributed by atoms with Crippen LogP contribution >= 0.6 is 0 Å².